The maximum atomic E-state index is 11.9. The molecule has 2 unspecified atom stereocenters. The standard InChI is InChI=1S/C10H20N2O2/c1-7(8(2)11)10(14)12(5-6-13)9-3-4-9/h7-9,13H,3-6,11H2,1-2H3. The van der Waals surface area contributed by atoms with Crippen LogP contribution >= 0.6 is 0 Å². The molecule has 0 spiro atoms. The lowest BCUT2D eigenvalue weighted by atomic mass is 10.0. The molecule has 0 aromatic rings. The molecule has 1 rings (SSSR count). The number of aliphatic hydroxyl groups is 1. The van der Waals surface area contributed by atoms with Gasteiger partial charge in [0.05, 0.1) is 12.5 Å². The molecule has 0 aliphatic heterocycles. The van der Waals surface area contributed by atoms with E-state index < -0.39 is 0 Å². The largest absolute Gasteiger partial charge is 0.395 e. The molecular formula is C10H20N2O2. The summed E-state index contributed by atoms with van der Waals surface area (Å²) in [6.07, 6.45) is 2.13. The first kappa shape index (κ1) is 11.5. The molecule has 3 N–H and O–H groups in total. The minimum atomic E-state index is -0.151. The summed E-state index contributed by atoms with van der Waals surface area (Å²) in [6.45, 7) is 4.17. The zero-order chi connectivity index (χ0) is 10.7. The van der Waals surface area contributed by atoms with Crippen LogP contribution < -0.4 is 5.73 Å². The molecule has 0 radical (unpaired) electrons. The molecule has 4 nitrogen and oxygen atoms in total. The molecule has 0 bridgehead atoms. The third kappa shape index (κ3) is 2.69. The minimum Gasteiger partial charge on any atom is -0.395 e. The Bertz CT molecular complexity index is 202. The lowest BCUT2D eigenvalue weighted by Gasteiger charge is -2.26. The fraction of sp³-hybridized carbons (Fsp3) is 0.900. The van der Waals surface area contributed by atoms with Gasteiger partial charge in [-0.3, -0.25) is 4.79 Å². The van der Waals surface area contributed by atoms with Crippen molar-refractivity contribution in [3.05, 3.63) is 0 Å². The summed E-state index contributed by atoms with van der Waals surface area (Å²) in [7, 11) is 0. The number of hydrogen-bond donors (Lipinski definition) is 2. The molecule has 14 heavy (non-hydrogen) atoms. The maximum absolute atomic E-state index is 11.9. The fourth-order valence-electron chi connectivity index (χ4n) is 1.45. The summed E-state index contributed by atoms with van der Waals surface area (Å²) in [5.74, 6) is -0.0706. The van der Waals surface area contributed by atoms with Crippen molar-refractivity contribution in [1.82, 2.24) is 4.90 Å². The van der Waals surface area contributed by atoms with Gasteiger partial charge in [-0.05, 0) is 19.8 Å². The van der Waals surface area contributed by atoms with Gasteiger partial charge in [0.25, 0.3) is 0 Å². The average molecular weight is 200 g/mol. The van der Waals surface area contributed by atoms with Crippen LogP contribution in [0.1, 0.15) is 26.7 Å². The van der Waals surface area contributed by atoms with E-state index in [-0.39, 0.29) is 24.5 Å². The molecular weight excluding hydrogens is 180 g/mol. The van der Waals surface area contributed by atoms with E-state index in [9.17, 15) is 4.79 Å². The van der Waals surface area contributed by atoms with Crippen molar-refractivity contribution in [2.75, 3.05) is 13.2 Å². The second kappa shape index (κ2) is 4.75. The Morgan fingerprint density at radius 2 is 2.14 bits per heavy atom. The molecule has 1 amide bonds. The van der Waals surface area contributed by atoms with Crippen LogP contribution in [-0.2, 0) is 4.79 Å². The van der Waals surface area contributed by atoms with E-state index in [1.165, 1.54) is 0 Å². The SMILES string of the molecule is CC(N)C(C)C(=O)N(CCO)C1CC1. The lowest BCUT2D eigenvalue weighted by molar-refractivity contribution is -0.136. The van der Waals surface area contributed by atoms with E-state index >= 15 is 0 Å². The Hall–Kier alpha value is -0.610. The fourth-order valence-corrected chi connectivity index (χ4v) is 1.45. The first-order valence-corrected chi connectivity index (χ1v) is 5.24. The van der Waals surface area contributed by atoms with Crippen molar-refractivity contribution in [2.45, 2.75) is 38.8 Å². The van der Waals surface area contributed by atoms with Gasteiger partial charge >= 0.3 is 0 Å². The monoisotopic (exact) mass is 200 g/mol. The predicted molar refractivity (Wildman–Crippen MR) is 54.6 cm³/mol. The maximum Gasteiger partial charge on any atom is 0.227 e. The highest BCUT2D eigenvalue weighted by molar-refractivity contribution is 5.79. The second-order valence-electron chi connectivity index (χ2n) is 4.13. The smallest absolute Gasteiger partial charge is 0.227 e. The van der Waals surface area contributed by atoms with Crippen LogP contribution in [-0.4, -0.2) is 41.1 Å². The quantitative estimate of drug-likeness (QED) is 0.654. The molecule has 82 valence electrons. The minimum absolute atomic E-state index is 0.0356. The van der Waals surface area contributed by atoms with Gasteiger partial charge in [0.15, 0.2) is 0 Å². The van der Waals surface area contributed by atoms with Crippen molar-refractivity contribution >= 4 is 5.91 Å². The van der Waals surface area contributed by atoms with Crippen molar-refractivity contribution in [3.63, 3.8) is 0 Å². The highest BCUT2D eigenvalue weighted by Gasteiger charge is 2.34. The van der Waals surface area contributed by atoms with E-state index in [1.54, 1.807) is 4.90 Å². The van der Waals surface area contributed by atoms with Gasteiger partial charge in [0.1, 0.15) is 0 Å². The number of carbonyl (C=O) groups is 1. The first-order valence-electron chi connectivity index (χ1n) is 5.24. The Morgan fingerprint density at radius 3 is 2.50 bits per heavy atom. The molecule has 2 atom stereocenters. The molecule has 0 saturated heterocycles. The number of nitrogens with two attached hydrogens (primary N) is 1. The van der Waals surface area contributed by atoms with E-state index in [2.05, 4.69) is 0 Å². The van der Waals surface area contributed by atoms with E-state index in [4.69, 9.17) is 10.8 Å². The number of amides is 1. The zero-order valence-electron chi connectivity index (χ0n) is 8.94. The van der Waals surface area contributed by atoms with Crippen LogP contribution in [0.2, 0.25) is 0 Å². The molecule has 1 aliphatic carbocycles. The normalized spacial score (nSPS) is 20.3. The lowest BCUT2D eigenvalue weighted by Crippen LogP contribution is -2.44. The van der Waals surface area contributed by atoms with Crippen LogP contribution in [0.3, 0.4) is 0 Å². The summed E-state index contributed by atoms with van der Waals surface area (Å²) in [5, 5.41) is 8.86. The highest BCUT2D eigenvalue weighted by atomic mass is 16.3. The molecule has 1 fully saturated rings. The second-order valence-corrected chi connectivity index (χ2v) is 4.13. The number of nitrogens with zero attached hydrogens (tertiary/aromatic N) is 1. The van der Waals surface area contributed by atoms with Crippen LogP contribution in [0.5, 0.6) is 0 Å². The molecule has 4 heteroatoms. The third-order valence-electron chi connectivity index (χ3n) is 2.79. The topological polar surface area (TPSA) is 66.6 Å². The Kier molecular flexibility index (Phi) is 3.89. The van der Waals surface area contributed by atoms with Gasteiger partial charge < -0.3 is 15.7 Å². The van der Waals surface area contributed by atoms with Gasteiger partial charge in [-0.25, -0.2) is 0 Å². The first-order chi connectivity index (χ1) is 6.57. The molecule has 1 saturated carbocycles. The summed E-state index contributed by atoms with van der Waals surface area (Å²) >= 11 is 0. The van der Waals surface area contributed by atoms with Crippen LogP contribution in [0.25, 0.3) is 0 Å². The number of carbonyl (C=O) groups excluding carboxylic acids is 1. The van der Waals surface area contributed by atoms with Gasteiger partial charge in [-0.1, -0.05) is 6.92 Å². The Balaban J connectivity index is 2.53. The number of aliphatic hydroxyl groups excluding tert-OH is 1. The molecule has 0 aromatic heterocycles. The molecule has 1 aliphatic rings. The zero-order valence-corrected chi connectivity index (χ0v) is 8.94. The van der Waals surface area contributed by atoms with Gasteiger partial charge in [-0.15, -0.1) is 0 Å². The van der Waals surface area contributed by atoms with Crippen LogP contribution in [0.15, 0.2) is 0 Å². The third-order valence-corrected chi connectivity index (χ3v) is 2.79. The van der Waals surface area contributed by atoms with E-state index in [1.807, 2.05) is 13.8 Å². The van der Waals surface area contributed by atoms with Gasteiger partial charge in [0.2, 0.25) is 5.91 Å². The summed E-state index contributed by atoms with van der Waals surface area (Å²) < 4.78 is 0. The average Bonchev–Trinajstić information content (AvgIpc) is 2.95. The van der Waals surface area contributed by atoms with Crippen molar-refractivity contribution < 1.29 is 9.90 Å². The van der Waals surface area contributed by atoms with Gasteiger partial charge in [0, 0.05) is 18.6 Å². The number of rotatable bonds is 5. The van der Waals surface area contributed by atoms with E-state index in [0.29, 0.717) is 12.6 Å². The van der Waals surface area contributed by atoms with Crippen molar-refractivity contribution in [2.24, 2.45) is 11.7 Å². The van der Waals surface area contributed by atoms with Gasteiger partial charge in [-0.2, -0.15) is 0 Å². The number of hydrogen-bond acceptors (Lipinski definition) is 3. The Morgan fingerprint density at radius 1 is 1.57 bits per heavy atom. The van der Waals surface area contributed by atoms with Crippen molar-refractivity contribution in [1.29, 1.82) is 0 Å². The predicted octanol–water partition coefficient (Wildman–Crippen LogP) is -0.0470. The summed E-state index contributed by atoms with van der Waals surface area (Å²) in [4.78, 5) is 13.7. The summed E-state index contributed by atoms with van der Waals surface area (Å²) in [6, 6.07) is 0.235. The van der Waals surface area contributed by atoms with Crippen LogP contribution in [0, 0.1) is 5.92 Å². The summed E-state index contributed by atoms with van der Waals surface area (Å²) in [5.41, 5.74) is 5.68. The molecule has 0 heterocycles. The highest BCUT2D eigenvalue weighted by Crippen LogP contribution is 2.28. The van der Waals surface area contributed by atoms with E-state index in [0.717, 1.165) is 12.8 Å². The van der Waals surface area contributed by atoms with Crippen molar-refractivity contribution in [3.8, 4) is 0 Å². The van der Waals surface area contributed by atoms with Crippen LogP contribution in [0.4, 0.5) is 0 Å². The Labute approximate surface area is 85.1 Å². The molecule has 0 aromatic carbocycles.